The summed E-state index contributed by atoms with van der Waals surface area (Å²) in [6, 6.07) is 27.6. The second-order valence-corrected chi connectivity index (χ2v) is 14.4. The van der Waals surface area contributed by atoms with Gasteiger partial charge in [0.1, 0.15) is 0 Å². The Morgan fingerprint density at radius 2 is 1.17 bits per heavy atom. The molecule has 0 saturated carbocycles. The van der Waals surface area contributed by atoms with Crippen molar-refractivity contribution in [3.63, 3.8) is 0 Å². The molecular formula is C46H46N2. The summed E-state index contributed by atoms with van der Waals surface area (Å²) in [5.41, 5.74) is 18.2. The topological polar surface area (TPSA) is 25.8 Å². The lowest BCUT2D eigenvalue weighted by molar-refractivity contribution is 0.305. The molecule has 0 spiro atoms. The summed E-state index contributed by atoms with van der Waals surface area (Å²) in [7, 11) is 0. The van der Waals surface area contributed by atoms with E-state index in [0.717, 1.165) is 31.4 Å². The lowest BCUT2D eigenvalue weighted by Crippen LogP contribution is -2.30. The summed E-state index contributed by atoms with van der Waals surface area (Å²) < 4.78 is 0. The van der Waals surface area contributed by atoms with Crippen LogP contribution in [0.15, 0.2) is 109 Å². The van der Waals surface area contributed by atoms with Crippen LogP contribution in [0.4, 0.5) is 0 Å². The first-order chi connectivity index (χ1) is 23.4. The van der Waals surface area contributed by atoms with Gasteiger partial charge in [-0.2, -0.15) is 0 Å². The van der Waals surface area contributed by atoms with Crippen LogP contribution in [0.5, 0.6) is 0 Å². The summed E-state index contributed by atoms with van der Waals surface area (Å²) in [6.07, 6.45) is 17.8. The fourth-order valence-corrected chi connectivity index (χ4v) is 9.73. The number of aryl methyl sites for hydroxylation is 2. The highest BCUT2D eigenvalue weighted by Crippen LogP contribution is 2.56. The average molecular weight is 627 g/mol. The maximum Gasteiger partial charge on any atom is 0.0746 e. The highest BCUT2D eigenvalue weighted by atomic mass is 14.7. The van der Waals surface area contributed by atoms with Gasteiger partial charge in [0.05, 0.1) is 11.4 Å². The van der Waals surface area contributed by atoms with Gasteiger partial charge in [-0.3, -0.25) is 9.97 Å². The fraction of sp³-hybridized carbons (Fsp3) is 0.304. The molecule has 0 aliphatic heterocycles. The van der Waals surface area contributed by atoms with Crippen molar-refractivity contribution in [2.75, 3.05) is 0 Å². The lowest BCUT2D eigenvalue weighted by Gasteiger charge is -2.35. The SMILES string of the molecule is CCC1(CC)c2ccccc2-c2ncc(-c3ccc(-c4ccc(-c5cnc6c(c5)C(CC)(CC)C5C=CC=CC65)cc4C)c(C)c3)cc21. The first-order valence-electron chi connectivity index (χ1n) is 18.1. The Kier molecular flexibility index (Phi) is 7.40. The largest absolute Gasteiger partial charge is 0.260 e. The summed E-state index contributed by atoms with van der Waals surface area (Å²) in [5, 5.41) is 0. The van der Waals surface area contributed by atoms with Crippen LogP contribution in [0.2, 0.25) is 0 Å². The van der Waals surface area contributed by atoms with Crippen molar-refractivity contribution in [3.05, 3.63) is 143 Å². The molecule has 8 rings (SSSR count). The van der Waals surface area contributed by atoms with Gasteiger partial charge < -0.3 is 0 Å². The summed E-state index contributed by atoms with van der Waals surface area (Å²) in [6.45, 7) is 13.8. The van der Waals surface area contributed by atoms with Crippen LogP contribution in [-0.2, 0) is 10.8 Å². The van der Waals surface area contributed by atoms with Gasteiger partial charge in [0.2, 0.25) is 0 Å². The van der Waals surface area contributed by atoms with Crippen LogP contribution < -0.4 is 0 Å². The number of nitrogens with zero attached hydrogens (tertiary/aromatic N) is 2. The standard InChI is InChI=1S/C46H46N2/c1-7-45(8-2)39-17-13-11-15-37(39)43-41(45)25-33(27-47-43)31-19-21-35(29(5)23-31)36-22-20-32(24-30(36)6)34-26-42-44(48-28-34)38-16-12-14-18-40(38)46(42,9-3)10-4/h11-28,37,39H,7-10H2,1-6H3. The van der Waals surface area contributed by atoms with Gasteiger partial charge in [-0.05, 0) is 108 Å². The van der Waals surface area contributed by atoms with Crippen LogP contribution in [0.3, 0.4) is 0 Å². The average Bonchev–Trinajstić information content (AvgIpc) is 3.58. The molecule has 0 saturated heterocycles. The fourth-order valence-electron chi connectivity index (χ4n) is 9.73. The van der Waals surface area contributed by atoms with Crippen molar-refractivity contribution in [2.45, 2.75) is 84.0 Å². The van der Waals surface area contributed by atoms with Gasteiger partial charge in [0.15, 0.2) is 0 Å². The lowest BCUT2D eigenvalue weighted by atomic mass is 9.68. The van der Waals surface area contributed by atoms with Crippen molar-refractivity contribution in [2.24, 2.45) is 5.92 Å². The highest BCUT2D eigenvalue weighted by molar-refractivity contribution is 5.82. The first kappa shape index (κ1) is 30.8. The highest BCUT2D eigenvalue weighted by Gasteiger charge is 2.49. The Morgan fingerprint density at radius 1 is 0.562 bits per heavy atom. The van der Waals surface area contributed by atoms with Crippen LogP contribution in [0, 0.1) is 19.8 Å². The van der Waals surface area contributed by atoms with Crippen molar-refractivity contribution in [1.82, 2.24) is 9.97 Å². The second kappa shape index (κ2) is 11.5. The van der Waals surface area contributed by atoms with E-state index in [1.54, 1.807) is 0 Å². The molecule has 2 aromatic heterocycles. The molecule has 2 unspecified atom stereocenters. The molecule has 0 radical (unpaired) electrons. The van der Waals surface area contributed by atoms with Crippen LogP contribution in [-0.4, -0.2) is 9.97 Å². The third-order valence-corrected chi connectivity index (χ3v) is 12.5. The van der Waals surface area contributed by atoms with E-state index in [4.69, 9.17) is 9.97 Å². The molecular weight excluding hydrogens is 581 g/mol. The number of aromatic nitrogens is 2. The van der Waals surface area contributed by atoms with Crippen molar-refractivity contribution >= 4 is 0 Å². The van der Waals surface area contributed by atoms with Gasteiger partial charge >= 0.3 is 0 Å². The van der Waals surface area contributed by atoms with E-state index >= 15 is 0 Å². The van der Waals surface area contributed by atoms with Crippen LogP contribution in [0.1, 0.15) is 92.8 Å². The van der Waals surface area contributed by atoms with Crippen molar-refractivity contribution in [1.29, 1.82) is 0 Å². The second-order valence-electron chi connectivity index (χ2n) is 14.4. The third-order valence-electron chi connectivity index (χ3n) is 12.5. The minimum absolute atomic E-state index is 0.0258. The van der Waals surface area contributed by atoms with Gasteiger partial charge in [0, 0.05) is 45.8 Å². The third kappa shape index (κ3) is 4.31. The normalized spacial score (nSPS) is 19.1. The van der Waals surface area contributed by atoms with Gasteiger partial charge in [-0.15, -0.1) is 0 Å². The zero-order valence-corrected chi connectivity index (χ0v) is 29.3. The zero-order chi connectivity index (χ0) is 33.2. The number of allylic oxidation sites excluding steroid dienone is 4. The Balaban J connectivity index is 1.12. The Labute approximate surface area is 286 Å². The quantitative estimate of drug-likeness (QED) is 0.180. The molecule has 0 bridgehead atoms. The molecule has 5 aromatic rings. The molecule has 2 nitrogen and oxygen atoms in total. The molecule has 2 atom stereocenters. The van der Waals surface area contributed by atoms with Crippen molar-refractivity contribution < 1.29 is 0 Å². The maximum atomic E-state index is 5.14. The Hall–Kier alpha value is -4.56. The van der Waals surface area contributed by atoms with Gasteiger partial charge in [-0.1, -0.05) is 113 Å². The molecule has 48 heavy (non-hydrogen) atoms. The minimum Gasteiger partial charge on any atom is -0.260 e. The summed E-state index contributed by atoms with van der Waals surface area (Å²) in [5.74, 6) is 0.883. The summed E-state index contributed by atoms with van der Waals surface area (Å²) >= 11 is 0. The predicted octanol–water partition coefficient (Wildman–Crippen LogP) is 12.1. The smallest absolute Gasteiger partial charge is 0.0746 e. The number of fused-ring (bicyclic) bond motifs is 6. The van der Waals surface area contributed by atoms with E-state index < -0.39 is 0 Å². The van der Waals surface area contributed by atoms with Crippen LogP contribution >= 0.6 is 0 Å². The number of pyridine rings is 2. The van der Waals surface area contributed by atoms with E-state index in [9.17, 15) is 0 Å². The molecule has 240 valence electrons. The number of rotatable bonds is 7. The van der Waals surface area contributed by atoms with Crippen LogP contribution in [0.25, 0.3) is 44.6 Å². The monoisotopic (exact) mass is 626 g/mol. The molecule has 3 aliphatic carbocycles. The van der Waals surface area contributed by atoms with E-state index in [2.05, 4.69) is 151 Å². The number of hydrogen-bond donors (Lipinski definition) is 0. The van der Waals surface area contributed by atoms with E-state index in [0.29, 0.717) is 11.8 Å². The molecule has 0 amide bonds. The molecule has 3 aromatic carbocycles. The van der Waals surface area contributed by atoms with E-state index in [-0.39, 0.29) is 10.8 Å². The molecule has 2 heteroatoms. The van der Waals surface area contributed by atoms with Gasteiger partial charge in [0.25, 0.3) is 0 Å². The molecule has 3 aliphatic rings. The maximum absolute atomic E-state index is 5.14. The molecule has 0 fully saturated rings. The molecule has 2 heterocycles. The first-order valence-corrected chi connectivity index (χ1v) is 18.1. The Morgan fingerprint density at radius 3 is 1.79 bits per heavy atom. The minimum atomic E-state index is 0.0258. The number of hydrogen-bond acceptors (Lipinski definition) is 2. The van der Waals surface area contributed by atoms with Crippen molar-refractivity contribution in [3.8, 4) is 44.6 Å². The summed E-state index contributed by atoms with van der Waals surface area (Å²) in [4.78, 5) is 10.2. The predicted molar refractivity (Wildman–Crippen MR) is 201 cm³/mol. The Bertz CT molecular complexity index is 2120. The molecule has 0 N–H and O–H groups in total. The zero-order valence-electron chi connectivity index (χ0n) is 29.3. The van der Waals surface area contributed by atoms with E-state index in [1.807, 2.05) is 0 Å². The number of benzene rings is 3. The van der Waals surface area contributed by atoms with Gasteiger partial charge in [-0.25, -0.2) is 0 Å². The van der Waals surface area contributed by atoms with E-state index in [1.165, 1.54) is 72.5 Å².